The molecule has 142 valence electrons. The molecule has 3 rings (SSSR count). The van der Waals surface area contributed by atoms with E-state index < -0.39 is 35.5 Å². The van der Waals surface area contributed by atoms with Gasteiger partial charge >= 0.3 is 5.97 Å². The topological polar surface area (TPSA) is 64.6 Å². The van der Waals surface area contributed by atoms with Gasteiger partial charge in [0.25, 0.3) is 5.91 Å². The van der Waals surface area contributed by atoms with Crippen LogP contribution in [0.3, 0.4) is 0 Å². The molecule has 5 nitrogen and oxygen atoms in total. The van der Waals surface area contributed by atoms with Crippen molar-refractivity contribution in [1.29, 1.82) is 0 Å². The molecule has 1 amide bonds. The van der Waals surface area contributed by atoms with Gasteiger partial charge in [-0.05, 0) is 49.2 Å². The molecule has 2 atom stereocenters. The molecule has 0 aliphatic carbocycles. The van der Waals surface area contributed by atoms with Crippen molar-refractivity contribution >= 4 is 29.2 Å². The Bertz CT molecular complexity index is 890. The molecule has 2 aromatic carbocycles. The molecule has 0 saturated carbocycles. The van der Waals surface area contributed by atoms with Crippen molar-refractivity contribution in [3.8, 4) is 5.75 Å². The predicted octanol–water partition coefficient (Wildman–Crippen LogP) is 3.74. The Morgan fingerprint density at radius 2 is 2.04 bits per heavy atom. The SMILES string of the molecule is C[C@@H](OC(=O)[C@H]1COc2ccc(Cl)cc2C1)C(=O)Nc1ccc(F)cc1F. The van der Waals surface area contributed by atoms with Crippen LogP contribution in [0.25, 0.3) is 0 Å². The van der Waals surface area contributed by atoms with Crippen molar-refractivity contribution in [1.82, 2.24) is 0 Å². The molecule has 0 bridgehead atoms. The van der Waals surface area contributed by atoms with E-state index in [0.29, 0.717) is 23.3 Å². The van der Waals surface area contributed by atoms with Crippen molar-refractivity contribution in [2.24, 2.45) is 5.92 Å². The molecule has 0 unspecified atom stereocenters. The van der Waals surface area contributed by atoms with Crippen LogP contribution in [0.4, 0.5) is 14.5 Å². The highest BCUT2D eigenvalue weighted by atomic mass is 35.5. The quantitative estimate of drug-likeness (QED) is 0.801. The highest BCUT2D eigenvalue weighted by Crippen LogP contribution is 2.30. The second-order valence-corrected chi connectivity index (χ2v) is 6.59. The number of carbonyl (C=O) groups excluding carboxylic acids is 2. The highest BCUT2D eigenvalue weighted by Gasteiger charge is 2.30. The molecular formula is C19H16ClF2NO4. The van der Waals surface area contributed by atoms with Crippen LogP contribution in [0, 0.1) is 17.6 Å². The van der Waals surface area contributed by atoms with E-state index in [-0.39, 0.29) is 12.3 Å². The number of rotatable bonds is 4. The summed E-state index contributed by atoms with van der Waals surface area (Å²) >= 11 is 5.95. The van der Waals surface area contributed by atoms with Crippen LogP contribution in [0.1, 0.15) is 12.5 Å². The molecule has 0 aromatic heterocycles. The number of amides is 1. The fourth-order valence-corrected chi connectivity index (χ4v) is 2.86. The maximum atomic E-state index is 13.6. The molecule has 27 heavy (non-hydrogen) atoms. The van der Waals surface area contributed by atoms with Crippen LogP contribution in [0.5, 0.6) is 5.75 Å². The number of hydrogen-bond donors (Lipinski definition) is 1. The Morgan fingerprint density at radius 1 is 1.26 bits per heavy atom. The summed E-state index contributed by atoms with van der Waals surface area (Å²) < 4.78 is 37.2. The van der Waals surface area contributed by atoms with E-state index >= 15 is 0 Å². The summed E-state index contributed by atoms with van der Waals surface area (Å²) in [5.74, 6) is -2.95. The average molecular weight is 396 g/mol. The van der Waals surface area contributed by atoms with E-state index in [1.165, 1.54) is 6.92 Å². The lowest BCUT2D eigenvalue weighted by Crippen LogP contribution is -2.36. The second kappa shape index (κ2) is 7.92. The van der Waals surface area contributed by atoms with Crippen LogP contribution in [0.15, 0.2) is 36.4 Å². The molecular weight excluding hydrogens is 380 g/mol. The van der Waals surface area contributed by atoms with Gasteiger partial charge in [0, 0.05) is 11.1 Å². The van der Waals surface area contributed by atoms with Crippen LogP contribution >= 0.6 is 11.6 Å². The summed E-state index contributed by atoms with van der Waals surface area (Å²) in [6, 6.07) is 7.88. The minimum Gasteiger partial charge on any atom is -0.492 e. The van der Waals surface area contributed by atoms with E-state index in [1.807, 2.05) is 0 Å². The summed E-state index contributed by atoms with van der Waals surface area (Å²) in [5, 5.41) is 2.79. The maximum absolute atomic E-state index is 13.6. The normalized spacial score (nSPS) is 16.7. The number of ether oxygens (including phenoxy) is 2. The number of carbonyl (C=O) groups is 2. The first-order chi connectivity index (χ1) is 12.8. The van der Waals surface area contributed by atoms with E-state index in [4.69, 9.17) is 21.1 Å². The molecule has 1 N–H and O–H groups in total. The molecule has 0 radical (unpaired) electrons. The lowest BCUT2D eigenvalue weighted by molar-refractivity contribution is -0.158. The van der Waals surface area contributed by atoms with Gasteiger partial charge in [-0.1, -0.05) is 11.6 Å². The van der Waals surface area contributed by atoms with E-state index in [1.54, 1.807) is 18.2 Å². The Kier molecular flexibility index (Phi) is 5.60. The molecule has 0 saturated heterocycles. The van der Waals surface area contributed by atoms with Crippen LogP contribution in [0.2, 0.25) is 5.02 Å². The van der Waals surface area contributed by atoms with Crippen LogP contribution in [-0.2, 0) is 20.7 Å². The Hall–Kier alpha value is -2.67. The number of hydrogen-bond acceptors (Lipinski definition) is 4. The van der Waals surface area contributed by atoms with Gasteiger partial charge in [-0.3, -0.25) is 9.59 Å². The summed E-state index contributed by atoms with van der Waals surface area (Å²) in [6.07, 6.45) is -0.793. The molecule has 8 heteroatoms. The van der Waals surface area contributed by atoms with Crippen molar-refractivity contribution in [2.75, 3.05) is 11.9 Å². The fourth-order valence-electron chi connectivity index (χ4n) is 2.66. The Balaban J connectivity index is 1.59. The minimum absolute atomic E-state index is 0.119. The van der Waals surface area contributed by atoms with Crippen LogP contribution < -0.4 is 10.1 Å². The molecule has 0 fully saturated rings. The summed E-state index contributed by atoms with van der Waals surface area (Å²) in [6.45, 7) is 1.48. The smallest absolute Gasteiger partial charge is 0.313 e. The zero-order valence-electron chi connectivity index (χ0n) is 14.3. The molecule has 1 aliphatic heterocycles. The molecule has 1 heterocycles. The number of benzene rings is 2. The van der Waals surface area contributed by atoms with Gasteiger partial charge in [0.05, 0.1) is 11.6 Å². The van der Waals surface area contributed by atoms with Gasteiger partial charge in [-0.2, -0.15) is 0 Å². The predicted molar refractivity (Wildman–Crippen MR) is 94.7 cm³/mol. The lowest BCUT2D eigenvalue weighted by Gasteiger charge is -2.25. The fraction of sp³-hybridized carbons (Fsp3) is 0.263. The van der Waals surface area contributed by atoms with Gasteiger partial charge in [0.15, 0.2) is 6.10 Å². The molecule has 1 aliphatic rings. The Morgan fingerprint density at radius 3 is 2.78 bits per heavy atom. The number of halogens is 3. The maximum Gasteiger partial charge on any atom is 0.313 e. The van der Waals surface area contributed by atoms with Gasteiger partial charge in [-0.25, -0.2) is 8.78 Å². The van der Waals surface area contributed by atoms with Crippen molar-refractivity contribution in [2.45, 2.75) is 19.4 Å². The number of fused-ring (bicyclic) bond motifs is 1. The van der Waals surface area contributed by atoms with Gasteiger partial charge in [0.1, 0.15) is 24.0 Å². The monoisotopic (exact) mass is 395 g/mol. The third-order valence-corrected chi connectivity index (χ3v) is 4.35. The van der Waals surface area contributed by atoms with Gasteiger partial charge in [0.2, 0.25) is 0 Å². The standard InChI is InChI=1S/C19H16ClF2NO4/c1-10(18(24)23-16-4-3-14(21)8-15(16)22)27-19(25)12-6-11-7-13(20)2-5-17(11)26-9-12/h2-5,7-8,10,12H,6,9H2,1H3,(H,23,24)/t10-,12-/m1/s1. The number of nitrogens with one attached hydrogen (secondary N) is 1. The first-order valence-electron chi connectivity index (χ1n) is 8.21. The highest BCUT2D eigenvalue weighted by molar-refractivity contribution is 6.30. The first kappa shape index (κ1) is 19.1. The Labute approximate surface area is 159 Å². The lowest BCUT2D eigenvalue weighted by atomic mass is 9.97. The van der Waals surface area contributed by atoms with Crippen LogP contribution in [-0.4, -0.2) is 24.6 Å². The molecule has 0 spiro atoms. The van der Waals surface area contributed by atoms with Gasteiger partial charge < -0.3 is 14.8 Å². The van der Waals surface area contributed by atoms with Gasteiger partial charge in [-0.15, -0.1) is 0 Å². The van der Waals surface area contributed by atoms with E-state index in [9.17, 15) is 18.4 Å². The third-order valence-electron chi connectivity index (χ3n) is 4.11. The zero-order chi connectivity index (χ0) is 19.6. The van der Waals surface area contributed by atoms with Crippen molar-refractivity contribution < 1.29 is 27.8 Å². The zero-order valence-corrected chi connectivity index (χ0v) is 15.1. The summed E-state index contributed by atoms with van der Waals surface area (Å²) in [5.41, 5.74) is 0.579. The van der Waals surface area contributed by atoms with E-state index in [2.05, 4.69) is 5.32 Å². The van der Waals surface area contributed by atoms with Crippen molar-refractivity contribution in [3.05, 3.63) is 58.6 Å². The minimum atomic E-state index is -1.16. The van der Waals surface area contributed by atoms with E-state index in [0.717, 1.165) is 17.7 Å². The molecule has 2 aromatic rings. The number of anilines is 1. The number of esters is 1. The second-order valence-electron chi connectivity index (χ2n) is 6.16. The van der Waals surface area contributed by atoms with Crippen molar-refractivity contribution in [3.63, 3.8) is 0 Å². The third kappa shape index (κ3) is 4.54. The summed E-state index contributed by atoms with van der Waals surface area (Å²) in [7, 11) is 0. The summed E-state index contributed by atoms with van der Waals surface area (Å²) in [4.78, 5) is 24.4. The average Bonchev–Trinajstić information content (AvgIpc) is 2.63. The largest absolute Gasteiger partial charge is 0.492 e. The first-order valence-corrected chi connectivity index (χ1v) is 8.59.